The number of rotatable bonds is 6. The van der Waals surface area contributed by atoms with Crippen LogP contribution >= 0.6 is 0 Å². The lowest BCUT2D eigenvalue weighted by molar-refractivity contribution is 0.481. The van der Waals surface area contributed by atoms with Gasteiger partial charge >= 0.3 is 0 Å². The van der Waals surface area contributed by atoms with Crippen LogP contribution < -0.4 is 5.32 Å². The Labute approximate surface area is 111 Å². The molecule has 7 heteroatoms. The van der Waals surface area contributed by atoms with Gasteiger partial charge in [0.25, 0.3) is 0 Å². The SMILES string of the molecule is CS(=O)(=O)CCNCc1nnc(-c2ccccc2)o1. The van der Waals surface area contributed by atoms with E-state index in [2.05, 4.69) is 15.5 Å². The van der Waals surface area contributed by atoms with Crippen molar-refractivity contribution in [2.45, 2.75) is 6.54 Å². The van der Waals surface area contributed by atoms with E-state index in [4.69, 9.17) is 4.42 Å². The van der Waals surface area contributed by atoms with E-state index in [0.29, 0.717) is 24.9 Å². The van der Waals surface area contributed by atoms with Gasteiger partial charge in [-0.05, 0) is 12.1 Å². The Morgan fingerprint density at radius 2 is 1.95 bits per heavy atom. The van der Waals surface area contributed by atoms with Crippen molar-refractivity contribution in [3.63, 3.8) is 0 Å². The van der Waals surface area contributed by atoms with E-state index in [0.717, 1.165) is 5.56 Å². The zero-order valence-corrected chi connectivity index (χ0v) is 11.4. The van der Waals surface area contributed by atoms with Gasteiger partial charge in [0.15, 0.2) is 0 Å². The monoisotopic (exact) mass is 281 g/mol. The normalized spacial score (nSPS) is 11.6. The first-order chi connectivity index (χ1) is 9.04. The topological polar surface area (TPSA) is 85.1 Å². The molecular weight excluding hydrogens is 266 g/mol. The Morgan fingerprint density at radius 3 is 2.63 bits per heavy atom. The van der Waals surface area contributed by atoms with E-state index >= 15 is 0 Å². The number of hydrogen-bond acceptors (Lipinski definition) is 6. The fourth-order valence-corrected chi connectivity index (χ4v) is 1.99. The Bertz CT molecular complexity index is 623. The van der Waals surface area contributed by atoms with Crippen LogP contribution in [0.2, 0.25) is 0 Å². The van der Waals surface area contributed by atoms with Gasteiger partial charge in [0.1, 0.15) is 9.84 Å². The third kappa shape index (κ3) is 4.46. The highest BCUT2D eigenvalue weighted by molar-refractivity contribution is 7.90. The summed E-state index contributed by atoms with van der Waals surface area (Å²) in [5.74, 6) is 0.986. The Balaban J connectivity index is 1.88. The van der Waals surface area contributed by atoms with E-state index < -0.39 is 9.84 Å². The van der Waals surface area contributed by atoms with Gasteiger partial charge in [0.05, 0.1) is 12.3 Å². The fourth-order valence-electron chi connectivity index (χ4n) is 1.48. The van der Waals surface area contributed by atoms with Crippen molar-refractivity contribution in [1.82, 2.24) is 15.5 Å². The van der Waals surface area contributed by atoms with Crippen molar-refractivity contribution < 1.29 is 12.8 Å². The maximum Gasteiger partial charge on any atom is 0.247 e. The maximum atomic E-state index is 10.9. The molecule has 0 saturated carbocycles. The van der Waals surface area contributed by atoms with Gasteiger partial charge in [-0.2, -0.15) is 0 Å². The third-order valence-corrected chi connectivity index (χ3v) is 3.36. The van der Waals surface area contributed by atoms with Gasteiger partial charge in [0.2, 0.25) is 11.8 Å². The number of nitrogens with zero attached hydrogens (tertiary/aromatic N) is 2. The van der Waals surface area contributed by atoms with Crippen LogP contribution in [0.5, 0.6) is 0 Å². The largest absolute Gasteiger partial charge is 0.419 e. The predicted molar refractivity (Wildman–Crippen MR) is 71.2 cm³/mol. The highest BCUT2D eigenvalue weighted by Gasteiger charge is 2.08. The Morgan fingerprint density at radius 1 is 1.21 bits per heavy atom. The molecule has 0 aliphatic carbocycles. The molecule has 2 aromatic rings. The first-order valence-electron chi connectivity index (χ1n) is 5.81. The van der Waals surface area contributed by atoms with Crippen LogP contribution in [0.3, 0.4) is 0 Å². The molecule has 1 N–H and O–H groups in total. The van der Waals surface area contributed by atoms with Crippen LogP contribution in [0.4, 0.5) is 0 Å². The molecule has 0 spiro atoms. The van der Waals surface area contributed by atoms with Crippen LogP contribution in [0.1, 0.15) is 5.89 Å². The molecule has 1 aromatic heterocycles. The van der Waals surface area contributed by atoms with Gasteiger partial charge in [-0.15, -0.1) is 10.2 Å². The zero-order chi connectivity index (χ0) is 13.7. The summed E-state index contributed by atoms with van der Waals surface area (Å²) in [5.41, 5.74) is 0.859. The summed E-state index contributed by atoms with van der Waals surface area (Å²) >= 11 is 0. The maximum absolute atomic E-state index is 10.9. The third-order valence-electron chi connectivity index (χ3n) is 2.41. The Hall–Kier alpha value is -1.73. The Kier molecular flexibility index (Phi) is 4.28. The van der Waals surface area contributed by atoms with Crippen LogP contribution in [-0.2, 0) is 16.4 Å². The molecule has 0 atom stereocenters. The van der Waals surface area contributed by atoms with Gasteiger partial charge < -0.3 is 9.73 Å². The summed E-state index contributed by atoms with van der Waals surface area (Å²) in [7, 11) is -2.95. The molecule has 0 radical (unpaired) electrons. The summed E-state index contributed by atoms with van der Waals surface area (Å²) < 4.78 is 27.3. The van der Waals surface area contributed by atoms with Crippen LogP contribution in [0.25, 0.3) is 11.5 Å². The second-order valence-electron chi connectivity index (χ2n) is 4.17. The molecule has 0 fully saturated rings. The summed E-state index contributed by atoms with van der Waals surface area (Å²) in [6, 6.07) is 9.46. The summed E-state index contributed by atoms with van der Waals surface area (Å²) in [5, 5.41) is 10.8. The molecule has 0 amide bonds. The second kappa shape index (κ2) is 5.94. The number of hydrogen-bond donors (Lipinski definition) is 1. The molecule has 0 aliphatic heterocycles. The molecular formula is C12H15N3O3S. The van der Waals surface area contributed by atoms with Crippen LogP contribution in [0.15, 0.2) is 34.7 Å². The van der Waals surface area contributed by atoms with Gasteiger partial charge in [-0.3, -0.25) is 0 Å². The average Bonchev–Trinajstić information content (AvgIpc) is 2.83. The number of sulfone groups is 1. The lowest BCUT2D eigenvalue weighted by Crippen LogP contribution is -2.22. The zero-order valence-electron chi connectivity index (χ0n) is 10.5. The van der Waals surface area contributed by atoms with E-state index in [1.54, 1.807) is 0 Å². The molecule has 6 nitrogen and oxygen atoms in total. The summed E-state index contributed by atoms with van der Waals surface area (Å²) in [6.07, 6.45) is 1.20. The van der Waals surface area contributed by atoms with Crippen LogP contribution in [-0.4, -0.2) is 37.2 Å². The summed E-state index contributed by atoms with van der Waals surface area (Å²) in [6.45, 7) is 0.719. The van der Waals surface area contributed by atoms with Crippen LogP contribution in [0, 0.1) is 0 Å². The molecule has 1 aromatic carbocycles. The second-order valence-corrected chi connectivity index (χ2v) is 6.43. The molecule has 0 unspecified atom stereocenters. The minimum atomic E-state index is -2.95. The van der Waals surface area contributed by atoms with E-state index in [1.807, 2.05) is 30.3 Å². The molecule has 0 bridgehead atoms. The molecule has 0 saturated heterocycles. The smallest absolute Gasteiger partial charge is 0.247 e. The van der Waals surface area contributed by atoms with E-state index in [9.17, 15) is 8.42 Å². The van der Waals surface area contributed by atoms with Gasteiger partial charge in [-0.25, -0.2) is 8.42 Å². The molecule has 102 valence electrons. The van der Waals surface area contributed by atoms with Crippen molar-refractivity contribution in [3.8, 4) is 11.5 Å². The average molecular weight is 281 g/mol. The van der Waals surface area contributed by atoms with Gasteiger partial charge in [0, 0.05) is 18.4 Å². The van der Waals surface area contributed by atoms with Gasteiger partial charge in [-0.1, -0.05) is 18.2 Å². The minimum Gasteiger partial charge on any atom is -0.419 e. The predicted octanol–water partition coefficient (Wildman–Crippen LogP) is 0.871. The van der Waals surface area contributed by atoms with E-state index in [-0.39, 0.29) is 5.75 Å². The number of benzene rings is 1. The standard InChI is InChI=1S/C12H15N3O3S/c1-19(16,17)8-7-13-9-11-14-15-12(18-11)10-5-3-2-4-6-10/h2-6,13H,7-9H2,1H3. The fraction of sp³-hybridized carbons (Fsp3) is 0.333. The van der Waals surface area contributed by atoms with Crippen molar-refractivity contribution in [2.75, 3.05) is 18.6 Å². The first-order valence-corrected chi connectivity index (χ1v) is 7.87. The first kappa shape index (κ1) is 13.7. The lowest BCUT2D eigenvalue weighted by atomic mass is 10.2. The quantitative estimate of drug-likeness (QED) is 0.791. The number of aromatic nitrogens is 2. The summed E-state index contributed by atoms with van der Waals surface area (Å²) in [4.78, 5) is 0. The lowest BCUT2D eigenvalue weighted by Gasteiger charge is -1.99. The van der Waals surface area contributed by atoms with Crippen molar-refractivity contribution in [2.24, 2.45) is 0 Å². The highest BCUT2D eigenvalue weighted by atomic mass is 32.2. The minimum absolute atomic E-state index is 0.0900. The molecule has 2 rings (SSSR count). The molecule has 1 heterocycles. The molecule has 19 heavy (non-hydrogen) atoms. The van der Waals surface area contributed by atoms with Crippen molar-refractivity contribution in [1.29, 1.82) is 0 Å². The van der Waals surface area contributed by atoms with E-state index in [1.165, 1.54) is 6.26 Å². The number of nitrogens with one attached hydrogen (secondary N) is 1. The van der Waals surface area contributed by atoms with Crippen molar-refractivity contribution in [3.05, 3.63) is 36.2 Å². The molecule has 0 aliphatic rings. The van der Waals surface area contributed by atoms with Crippen molar-refractivity contribution >= 4 is 9.84 Å². The highest BCUT2D eigenvalue weighted by Crippen LogP contribution is 2.16.